The molecule has 246 valence electrons. The number of amides is 3. The van der Waals surface area contributed by atoms with Crippen molar-refractivity contribution in [2.45, 2.75) is 103 Å². The number of rotatable bonds is 9. The van der Waals surface area contributed by atoms with Gasteiger partial charge in [0.15, 0.2) is 0 Å². The van der Waals surface area contributed by atoms with Crippen molar-refractivity contribution in [2.75, 3.05) is 6.54 Å². The van der Waals surface area contributed by atoms with Gasteiger partial charge >= 0.3 is 12.1 Å². The number of allylic oxidation sites excluding steroid dienone is 1. The summed E-state index contributed by atoms with van der Waals surface area (Å²) in [5.74, 6) is -1.95. The second-order valence-corrected chi connectivity index (χ2v) is 13.1. The van der Waals surface area contributed by atoms with Crippen LogP contribution < -0.4 is 10.6 Å². The van der Waals surface area contributed by atoms with E-state index in [4.69, 9.17) is 9.84 Å². The average Bonchev–Trinajstić information content (AvgIpc) is 3.48. The smallest absolute Gasteiger partial charge is 0.408 e. The first-order valence-electron chi connectivity index (χ1n) is 15.9. The second-order valence-electron chi connectivity index (χ2n) is 13.1. The number of alkyl carbamates (subject to hydrolysis) is 1. The van der Waals surface area contributed by atoms with E-state index in [2.05, 4.69) is 17.2 Å². The molecular formula is C35H49N3O7. The highest BCUT2D eigenvalue weighted by Gasteiger charge is 2.42. The van der Waals surface area contributed by atoms with E-state index in [0.717, 1.165) is 42.9 Å². The van der Waals surface area contributed by atoms with Gasteiger partial charge in [0.1, 0.15) is 29.5 Å². The van der Waals surface area contributed by atoms with Crippen molar-refractivity contribution in [3.8, 4) is 5.75 Å². The zero-order chi connectivity index (χ0) is 33.1. The zero-order valence-corrected chi connectivity index (χ0v) is 27.0. The molecule has 0 spiro atoms. The monoisotopic (exact) mass is 623 g/mol. The second kappa shape index (κ2) is 16.3. The van der Waals surface area contributed by atoms with Crippen molar-refractivity contribution in [1.82, 2.24) is 15.5 Å². The fraction of sp³-hybridized carbons (Fsp3) is 0.543. The van der Waals surface area contributed by atoms with Crippen LogP contribution in [0, 0.1) is 11.8 Å². The molecule has 1 aliphatic carbocycles. The highest BCUT2D eigenvalue weighted by Crippen LogP contribution is 2.30. The Morgan fingerprint density at radius 1 is 1.00 bits per heavy atom. The Bertz CT molecular complexity index is 1330. The number of phenols is 1. The molecule has 0 aromatic heterocycles. The molecule has 0 bridgehead atoms. The number of carbonyl (C=O) groups is 4. The van der Waals surface area contributed by atoms with Crippen LogP contribution in [0.4, 0.5) is 4.79 Å². The minimum absolute atomic E-state index is 0.0301. The molecule has 10 nitrogen and oxygen atoms in total. The van der Waals surface area contributed by atoms with E-state index in [1.54, 1.807) is 45.9 Å². The number of hydrogen-bond donors (Lipinski definition) is 4. The molecule has 1 aliphatic heterocycles. The fourth-order valence-electron chi connectivity index (χ4n) is 6.04. The molecule has 2 aliphatic rings. The molecule has 4 rings (SSSR count). The van der Waals surface area contributed by atoms with Crippen LogP contribution in [0.2, 0.25) is 0 Å². The minimum Gasteiger partial charge on any atom is -0.508 e. The lowest BCUT2D eigenvalue weighted by atomic mass is 9.83. The molecule has 4 unspecified atom stereocenters. The lowest BCUT2D eigenvalue weighted by Crippen LogP contribution is -2.58. The van der Waals surface area contributed by atoms with Crippen LogP contribution in [0.25, 0.3) is 10.8 Å². The molecule has 1 heterocycles. The maximum absolute atomic E-state index is 13.7. The summed E-state index contributed by atoms with van der Waals surface area (Å²) < 4.78 is 5.40. The number of aromatic hydroxyl groups is 1. The molecule has 3 amide bonds. The summed E-state index contributed by atoms with van der Waals surface area (Å²) in [5.41, 5.74) is -0.700. The van der Waals surface area contributed by atoms with Crippen molar-refractivity contribution in [3.63, 3.8) is 0 Å². The summed E-state index contributed by atoms with van der Waals surface area (Å²) in [6, 6.07) is 10.7. The molecular weight excluding hydrogens is 574 g/mol. The number of carboxylic acid groups (broad SMARTS) is 1. The molecule has 2 fully saturated rings. The molecule has 0 radical (unpaired) electrons. The third-order valence-corrected chi connectivity index (χ3v) is 8.30. The van der Waals surface area contributed by atoms with Crippen molar-refractivity contribution in [1.29, 1.82) is 0 Å². The van der Waals surface area contributed by atoms with Gasteiger partial charge in [0.25, 0.3) is 0 Å². The predicted molar refractivity (Wildman–Crippen MR) is 174 cm³/mol. The number of aliphatic carboxylic acids is 1. The third kappa shape index (κ3) is 10.5. The van der Waals surface area contributed by atoms with Crippen LogP contribution in [-0.4, -0.2) is 69.3 Å². The normalized spacial score (nSPS) is 18.9. The average molecular weight is 624 g/mol. The summed E-state index contributed by atoms with van der Waals surface area (Å²) in [6.45, 7) is 11.0. The molecule has 1 saturated carbocycles. The van der Waals surface area contributed by atoms with Crippen LogP contribution in [0.1, 0.15) is 79.1 Å². The van der Waals surface area contributed by atoms with Crippen LogP contribution >= 0.6 is 0 Å². The summed E-state index contributed by atoms with van der Waals surface area (Å²) in [4.78, 5) is 52.5. The highest BCUT2D eigenvalue weighted by molar-refractivity contribution is 5.93. The van der Waals surface area contributed by atoms with E-state index in [0.29, 0.717) is 31.6 Å². The summed E-state index contributed by atoms with van der Waals surface area (Å²) >= 11 is 0. The van der Waals surface area contributed by atoms with E-state index in [-0.39, 0.29) is 17.7 Å². The highest BCUT2D eigenvalue weighted by atomic mass is 16.6. The van der Waals surface area contributed by atoms with E-state index < -0.39 is 41.7 Å². The third-order valence-electron chi connectivity index (χ3n) is 8.30. The van der Waals surface area contributed by atoms with E-state index in [9.17, 15) is 24.3 Å². The number of hydrogen-bond acceptors (Lipinski definition) is 6. The molecule has 1 saturated heterocycles. The molecule has 4 N–H and O–H groups in total. The Morgan fingerprint density at radius 3 is 2.29 bits per heavy atom. The number of nitrogens with zero attached hydrogens (tertiary/aromatic N) is 1. The number of carboxylic acids is 1. The van der Waals surface area contributed by atoms with Crippen LogP contribution in [0.3, 0.4) is 0 Å². The Balaban J connectivity index is 0.000000415. The number of fused-ring (bicyclic) bond motifs is 1. The van der Waals surface area contributed by atoms with E-state index >= 15 is 0 Å². The lowest BCUT2D eigenvalue weighted by Gasteiger charge is -2.35. The van der Waals surface area contributed by atoms with Crippen LogP contribution in [0.5, 0.6) is 5.75 Å². The van der Waals surface area contributed by atoms with Gasteiger partial charge in [0, 0.05) is 6.54 Å². The number of nitrogens with one attached hydrogen (secondary N) is 2. The maximum atomic E-state index is 13.7. The summed E-state index contributed by atoms with van der Waals surface area (Å²) in [5, 5.41) is 26.4. The van der Waals surface area contributed by atoms with E-state index in [1.165, 1.54) is 4.90 Å². The van der Waals surface area contributed by atoms with Gasteiger partial charge in [-0.15, -0.1) is 6.58 Å². The van der Waals surface area contributed by atoms with Crippen molar-refractivity contribution in [2.24, 2.45) is 11.8 Å². The number of phenolic OH excluding ortho intramolecular Hbond substituents is 1. The zero-order valence-electron chi connectivity index (χ0n) is 27.0. The standard InChI is InChI=1S/C25H41N3O6.C10H8O/c1-6-11-16(2)19(23(31)32)26-21(29)18-14-10-15-28(18)22(30)20(17-12-8-7-9-13-17)27-24(33)34-25(3,4)5;11-10-6-5-8-3-1-2-4-9(8)7-10/h6,16-20H,1,7-15H2,2-5H3,(H,26,29)(H,27,33)(H,31,32);1-7,11H. The van der Waals surface area contributed by atoms with Gasteiger partial charge in [-0.2, -0.15) is 0 Å². The van der Waals surface area contributed by atoms with E-state index in [1.807, 2.05) is 30.3 Å². The quantitative estimate of drug-likeness (QED) is 0.259. The van der Waals surface area contributed by atoms with Gasteiger partial charge in [-0.05, 0) is 87.6 Å². The Hall–Kier alpha value is -4.08. The lowest BCUT2D eigenvalue weighted by molar-refractivity contribution is -0.145. The SMILES string of the molecule is C=CCC(C)C(NC(=O)C1CCCN1C(=O)C(NC(=O)OC(C)(C)C)C1CCCCC1)C(=O)O.Oc1ccc2ccccc2c1. The number of carbonyl (C=O) groups excluding carboxylic acids is 3. The number of ether oxygens (including phenoxy) is 1. The fourth-order valence-corrected chi connectivity index (χ4v) is 6.04. The number of benzene rings is 2. The first-order valence-corrected chi connectivity index (χ1v) is 15.9. The van der Waals surface area contributed by atoms with Gasteiger partial charge < -0.3 is 30.5 Å². The molecule has 10 heteroatoms. The van der Waals surface area contributed by atoms with Gasteiger partial charge in [0.05, 0.1) is 0 Å². The molecule has 2 aromatic rings. The number of likely N-dealkylation sites (tertiary alicyclic amines) is 1. The van der Waals surface area contributed by atoms with Gasteiger partial charge in [0.2, 0.25) is 11.8 Å². The van der Waals surface area contributed by atoms with Crippen LogP contribution in [-0.2, 0) is 19.1 Å². The van der Waals surface area contributed by atoms with Crippen molar-refractivity contribution in [3.05, 3.63) is 55.1 Å². The summed E-state index contributed by atoms with van der Waals surface area (Å²) in [7, 11) is 0. The molecule has 45 heavy (non-hydrogen) atoms. The van der Waals surface area contributed by atoms with Gasteiger partial charge in [-0.3, -0.25) is 9.59 Å². The first-order chi connectivity index (χ1) is 21.3. The predicted octanol–water partition coefficient (Wildman–Crippen LogP) is 5.78. The van der Waals surface area contributed by atoms with Crippen molar-refractivity contribution >= 4 is 34.6 Å². The first kappa shape index (κ1) is 35.4. The molecule has 2 aromatic carbocycles. The van der Waals surface area contributed by atoms with Crippen LogP contribution in [0.15, 0.2) is 55.1 Å². The Kier molecular flexibility index (Phi) is 12.8. The minimum atomic E-state index is -1.12. The van der Waals surface area contributed by atoms with Gasteiger partial charge in [-0.1, -0.05) is 62.6 Å². The van der Waals surface area contributed by atoms with Gasteiger partial charge in [-0.25, -0.2) is 9.59 Å². The topological polar surface area (TPSA) is 145 Å². The van der Waals surface area contributed by atoms with Crippen molar-refractivity contribution < 1.29 is 34.1 Å². The summed E-state index contributed by atoms with van der Waals surface area (Å²) in [6.07, 6.45) is 7.18. The maximum Gasteiger partial charge on any atom is 0.408 e. The largest absolute Gasteiger partial charge is 0.508 e. The Morgan fingerprint density at radius 2 is 1.67 bits per heavy atom. The molecule has 4 atom stereocenters. The Labute approximate surface area is 266 Å².